The molecular weight excluding hydrogens is 316 g/mol. The lowest BCUT2D eigenvalue weighted by Crippen LogP contribution is -2.49. The molecule has 0 bridgehead atoms. The maximum absolute atomic E-state index is 13.0. The third-order valence-corrected chi connectivity index (χ3v) is 4.89. The van der Waals surface area contributed by atoms with Crippen molar-refractivity contribution in [2.75, 3.05) is 26.7 Å². The van der Waals surface area contributed by atoms with E-state index in [0.29, 0.717) is 13.0 Å². The minimum absolute atomic E-state index is 0.00989. The van der Waals surface area contributed by atoms with Crippen LogP contribution in [0.25, 0.3) is 0 Å². The predicted molar refractivity (Wildman–Crippen MR) is 96.6 cm³/mol. The van der Waals surface area contributed by atoms with Crippen molar-refractivity contribution in [3.8, 4) is 5.75 Å². The van der Waals surface area contributed by atoms with Crippen LogP contribution in [-0.4, -0.2) is 47.1 Å². The molecule has 0 spiro atoms. The van der Waals surface area contributed by atoms with E-state index in [9.17, 15) is 4.79 Å². The molecule has 1 aliphatic rings. The van der Waals surface area contributed by atoms with Gasteiger partial charge in [0.15, 0.2) is 0 Å². The summed E-state index contributed by atoms with van der Waals surface area (Å²) in [6.07, 6.45) is 4.20. The summed E-state index contributed by atoms with van der Waals surface area (Å²) in [5.41, 5.74) is 1.15. The van der Waals surface area contributed by atoms with E-state index in [1.54, 1.807) is 13.3 Å². The summed E-state index contributed by atoms with van der Waals surface area (Å²) in [4.78, 5) is 19.4. The number of rotatable bonds is 5. The van der Waals surface area contributed by atoms with Crippen molar-refractivity contribution < 1.29 is 9.53 Å². The molecule has 6 nitrogen and oxygen atoms in total. The standard InChI is InChI=1S/C19H26N4O2/c1-14(15-4-6-16(25-3)7-5-15)12-18(24)23-11-8-20-13-17(23)19-21-9-10-22(19)2/h4-7,9-10,14,17,20H,8,11-13H2,1-3H3. The molecule has 1 amide bonds. The minimum atomic E-state index is -0.00989. The fraction of sp³-hybridized carbons (Fsp3) is 0.474. The largest absolute Gasteiger partial charge is 0.497 e. The molecule has 3 rings (SSSR count). The average Bonchev–Trinajstić information content (AvgIpc) is 3.07. The van der Waals surface area contributed by atoms with Crippen molar-refractivity contribution in [2.24, 2.45) is 7.05 Å². The van der Waals surface area contributed by atoms with E-state index in [0.717, 1.165) is 30.2 Å². The SMILES string of the molecule is COc1ccc(C(C)CC(=O)N2CCNCC2c2nccn2C)cc1. The van der Waals surface area contributed by atoms with Gasteiger partial charge in [0.25, 0.3) is 0 Å². The summed E-state index contributed by atoms with van der Waals surface area (Å²) in [6.45, 7) is 4.38. The third-order valence-electron chi connectivity index (χ3n) is 4.89. The Kier molecular flexibility index (Phi) is 5.38. The first-order chi connectivity index (χ1) is 12.1. The summed E-state index contributed by atoms with van der Waals surface area (Å²) >= 11 is 0. The number of ether oxygens (including phenoxy) is 1. The second kappa shape index (κ2) is 7.70. The lowest BCUT2D eigenvalue weighted by Gasteiger charge is -2.36. The van der Waals surface area contributed by atoms with E-state index in [1.807, 2.05) is 47.0 Å². The Morgan fingerprint density at radius 3 is 2.80 bits per heavy atom. The molecule has 134 valence electrons. The Morgan fingerprint density at radius 1 is 1.40 bits per heavy atom. The van der Waals surface area contributed by atoms with E-state index in [1.165, 1.54) is 0 Å². The van der Waals surface area contributed by atoms with E-state index in [-0.39, 0.29) is 17.9 Å². The molecule has 1 N–H and O–H groups in total. The molecule has 1 fully saturated rings. The molecular formula is C19H26N4O2. The number of nitrogens with one attached hydrogen (secondary N) is 1. The molecule has 2 aromatic rings. The zero-order valence-corrected chi connectivity index (χ0v) is 15.1. The zero-order valence-electron chi connectivity index (χ0n) is 15.1. The van der Waals surface area contributed by atoms with Crippen LogP contribution in [0.2, 0.25) is 0 Å². The molecule has 2 heterocycles. The Labute approximate surface area is 148 Å². The molecule has 0 radical (unpaired) electrons. The molecule has 2 atom stereocenters. The molecule has 25 heavy (non-hydrogen) atoms. The van der Waals surface area contributed by atoms with Crippen molar-refractivity contribution in [3.63, 3.8) is 0 Å². The number of nitrogens with zero attached hydrogens (tertiary/aromatic N) is 3. The van der Waals surface area contributed by atoms with Crippen LogP contribution in [0.1, 0.15) is 36.7 Å². The van der Waals surface area contributed by atoms with Gasteiger partial charge in [-0.15, -0.1) is 0 Å². The number of carbonyl (C=O) groups is 1. The number of amides is 1. The highest BCUT2D eigenvalue weighted by molar-refractivity contribution is 5.77. The smallest absolute Gasteiger partial charge is 0.223 e. The van der Waals surface area contributed by atoms with Gasteiger partial charge >= 0.3 is 0 Å². The Balaban J connectivity index is 1.70. The summed E-state index contributed by atoms with van der Waals surface area (Å²) in [6, 6.07) is 7.94. The summed E-state index contributed by atoms with van der Waals surface area (Å²) in [5, 5.41) is 3.37. The van der Waals surface area contributed by atoms with Gasteiger partial charge in [-0.25, -0.2) is 4.98 Å². The van der Waals surface area contributed by atoms with Gasteiger partial charge < -0.3 is 19.5 Å². The van der Waals surface area contributed by atoms with Crippen LogP contribution in [-0.2, 0) is 11.8 Å². The lowest BCUT2D eigenvalue weighted by atomic mass is 9.96. The minimum Gasteiger partial charge on any atom is -0.497 e. The molecule has 1 aliphatic heterocycles. The molecule has 0 saturated carbocycles. The van der Waals surface area contributed by atoms with Crippen LogP contribution in [0.15, 0.2) is 36.7 Å². The van der Waals surface area contributed by atoms with E-state index >= 15 is 0 Å². The van der Waals surface area contributed by atoms with Crippen LogP contribution in [0.3, 0.4) is 0 Å². The number of aromatic nitrogens is 2. The Hall–Kier alpha value is -2.34. The molecule has 0 aliphatic carbocycles. The monoisotopic (exact) mass is 342 g/mol. The fourth-order valence-corrected chi connectivity index (χ4v) is 3.36. The van der Waals surface area contributed by atoms with E-state index in [2.05, 4.69) is 17.2 Å². The number of piperazine rings is 1. The van der Waals surface area contributed by atoms with Gasteiger partial charge in [0.05, 0.1) is 7.11 Å². The molecule has 1 aromatic heterocycles. The van der Waals surface area contributed by atoms with Crippen LogP contribution in [0.5, 0.6) is 5.75 Å². The van der Waals surface area contributed by atoms with Gasteiger partial charge in [-0.2, -0.15) is 0 Å². The van der Waals surface area contributed by atoms with Gasteiger partial charge in [-0.3, -0.25) is 4.79 Å². The highest BCUT2D eigenvalue weighted by Gasteiger charge is 2.31. The Bertz CT molecular complexity index is 710. The maximum Gasteiger partial charge on any atom is 0.223 e. The number of aryl methyl sites for hydroxylation is 1. The Morgan fingerprint density at radius 2 is 2.16 bits per heavy atom. The highest BCUT2D eigenvalue weighted by Crippen LogP contribution is 2.26. The van der Waals surface area contributed by atoms with Gasteiger partial charge in [-0.1, -0.05) is 19.1 Å². The van der Waals surface area contributed by atoms with Crippen LogP contribution < -0.4 is 10.1 Å². The van der Waals surface area contributed by atoms with E-state index in [4.69, 9.17) is 4.74 Å². The first-order valence-electron chi connectivity index (χ1n) is 8.71. The number of methoxy groups -OCH3 is 1. The molecule has 2 unspecified atom stereocenters. The highest BCUT2D eigenvalue weighted by atomic mass is 16.5. The van der Waals surface area contributed by atoms with Crippen molar-refractivity contribution in [2.45, 2.75) is 25.3 Å². The average molecular weight is 342 g/mol. The van der Waals surface area contributed by atoms with E-state index < -0.39 is 0 Å². The zero-order chi connectivity index (χ0) is 17.8. The van der Waals surface area contributed by atoms with Gasteiger partial charge in [0.1, 0.15) is 17.6 Å². The second-order valence-corrected chi connectivity index (χ2v) is 6.58. The van der Waals surface area contributed by atoms with Gasteiger partial charge in [-0.05, 0) is 23.6 Å². The first-order valence-corrected chi connectivity index (χ1v) is 8.71. The quantitative estimate of drug-likeness (QED) is 0.904. The summed E-state index contributed by atoms with van der Waals surface area (Å²) < 4.78 is 7.19. The second-order valence-electron chi connectivity index (χ2n) is 6.58. The molecule has 1 saturated heterocycles. The fourth-order valence-electron chi connectivity index (χ4n) is 3.36. The third kappa shape index (κ3) is 3.85. The van der Waals surface area contributed by atoms with Crippen molar-refractivity contribution in [1.82, 2.24) is 19.8 Å². The molecule has 6 heteroatoms. The van der Waals surface area contributed by atoms with Crippen molar-refractivity contribution in [1.29, 1.82) is 0 Å². The maximum atomic E-state index is 13.0. The summed E-state index contributed by atoms with van der Waals surface area (Å²) in [5.74, 6) is 2.10. The van der Waals surface area contributed by atoms with Crippen LogP contribution in [0.4, 0.5) is 0 Å². The lowest BCUT2D eigenvalue weighted by molar-refractivity contribution is -0.135. The number of imidazole rings is 1. The number of carbonyl (C=O) groups excluding carboxylic acids is 1. The van der Waals surface area contributed by atoms with Crippen LogP contribution >= 0.6 is 0 Å². The predicted octanol–water partition coefficient (Wildman–Crippen LogP) is 2.10. The van der Waals surface area contributed by atoms with Crippen LogP contribution in [0, 0.1) is 0 Å². The number of hydrogen-bond donors (Lipinski definition) is 1. The normalized spacial score (nSPS) is 18.8. The van der Waals surface area contributed by atoms with Crippen molar-refractivity contribution in [3.05, 3.63) is 48.0 Å². The van der Waals surface area contributed by atoms with Gasteiger partial charge in [0, 0.05) is 45.5 Å². The molecule has 1 aromatic carbocycles. The number of benzene rings is 1. The first kappa shape index (κ1) is 17.5. The van der Waals surface area contributed by atoms with Crippen molar-refractivity contribution >= 4 is 5.91 Å². The summed E-state index contributed by atoms with van der Waals surface area (Å²) in [7, 11) is 3.63. The van der Waals surface area contributed by atoms with Gasteiger partial charge in [0.2, 0.25) is 5.91 Å². The number of hydrogen-bond acceptors (Lipinski definition) is 4. The topological polar surface area (TPSA) is 59.4 Å².